The topological polar surface area (TPSA) is 69.8 Å². The third-order valence-electron chi connectivity index (χ3n) is 3.80. The van der Waals surface area contributed by atoms with E-state index >= 15 is 0 Å². The van der Waals surface area contributed by atoms with E-state index < -0.39 is 5.97 Å². The second-order valence-corrected chi connectivity index (χ2v) is 4.68. The zero-order valence-corrected chi connectivity index (χ0v) is 8.98. The van der Waals surface area contributed by atoms with Crippen LogP contribution in [-0.4, -0.2) is 52.7 Å². The molecule has 2 saturated heterocycles. The smallest absolute Gasteiger partial charge is 0.317 e. The molecule has 15 heavy (non-hydrogen) atoms. The van der Waals surface area contributed by atoms with E-state index in [0.29, 0.717) is 0 Å². The van der Waals surface area contributed by atoms with Gasteiger partial charge in [0.1, 0.15) is 0 Å². The summed E-state index contributed by atoms with van der Waals surface area (Å²) in [7, 11) is 0. The van der Waals surface area contributed by atoms with Crippen LogP contribution in [0.1, 0.15) is 25.7 Å². The van der Waals surface area contributed by atoms with Crippen molar-refractivity contribution >= 4 is 5.97 Å². The third-order valence-corrected chi connectivity index (χ3v) is 3.80. The summed E-state index contributed by atoms with van der Waals surface area (Å²) in [6.45, 7) is 2.88. The van der Waals surface area contributed by atoms with Crippen LogP contribution in [0.25, 0.3) is 0 Å². The van der Waals surface area contributed by atoms with Gasteiger partial charge in [-0.1, -0.05) is 0 Å². The van der Waals surface area contributed by atoms with E-state index in [1.54, 1.807) is 0 Å². The molecule has 0 atom stereocenters. The van der Waals surface area contributed by atoms with Crippen molar-refractivity contribution in [2.75, 3.05) is 26.2 Å². The Bertz CT molecular complexity index is 249. The van der Waals surface area contributed by atoms with Crippen LogP contribution in [-0.2, 0) is 4.79 Å². The van der Waals surface area contributed by atoms with Crippen molar-refractivity contribution < 1.29 is 9.90 Å². The Labute approximate surface area is 89.8 Å². The first kappa shape index (κ1) is 10.9. The number of hydrogen-bond acceptors (Lipinski definition) is 4. The Morgan fingerprint density at radius 2 is 1.93 bits per heavy atom. The number of nitrogens with two attached hydrogens (primary N) is 1. The van der Waals surface area contributed by atoms with Gasteiger partial charge in [-0.05, 0) is 32.2 Å². The lowest BCUT2D eigenvalue weighted by molar-refractivity contribution is -0.140. The minimum atomic E-state index is -0.716. The summed E-state index contributed by atoms with van der Waals surface area (Å²) in [6, 6.07) is 0. The molecule has 5 heteroatoms. The van der Waals surface area contributed by atoms with E-state index in [1.807, 2.05) is 5.01 Å². The summed E-state index contributed by atoms with van der Waals surface area (Å²) >= 11 is 0. The minimum Gasteiger partial charge on any atom is -0.480 e. The molecule has 0 aromatic heterocycles. The molecule has 3 N–H and O–H groups in total. The molecular weight excluding hydrogens is 194 g/mol. The molecule has 0 saturated carbocycles. The molecule has 2 heterocycles. The van der Waals surface area contributed by atoms with Crippen LogP contribution < -0.4 is 5.84 Å². The summed E-state index contributed by atoms with van der Waals surface area (Å²) in [5, 5.41) is 10.7. The first-order valence-electron chi connectivity index (χ1n) is 5.59. The lowest BCUT2D eigenvalue weighted by atomic mass is 9.85. The number of aliphatic carboxylic acids is 1. The highest BCUT2D eigenvalue weighted by molar-refractivity contribution is 5.69. The van der Waals surface area contributed by atoms with Crippen LogP contribution in [0.4, 0.5) is 0 Å². The Balaban J connectivity index is 2.02. The molecule has 0 aliphatic carbocycles. The number of carbonyl (C=O) groups is 1. The summed E-state index contributed by atoms with van der Waals surface area (Å²) in [5.41, 5.74) is 0.133. The van der Waals surface area contributed by atoms with Crippen LogP contribution >= 0.6 is 0 Å². The first-order valence-corrected chi connectivity index (χ1v) is 5.59. The zero-order valence-electron chi connectivity index (χ0n) is 8.98. The maximum Gasteiger partial charge on any atom is 0.317 e. The van der Waals surface area contributed by atoms with Crippen molar-refractivity contribution in [3.8, 4) is 0 Å². The molecule has 2 fully saturated rings. The number of likely N-dealkylation sites (tertiary alicyclic amines) is 1. The van der Waals surface area contributed by atoms with Gasteiger partial charge >= 0.3 is 5.97 Å². The molecular formula is C10H19N3O2. The number of nitrogens with zero attached hydrogens (tertiary/aromatic N) is 2. The largest absolute Gasteiger partial charge is 0.480 e. The van der Waals surface area contributed by atoms with Gasteiger partial charge in [-0.3, -0.25) is 15.5 Å². The molecule has 2 aliphatic rings. The average molecular weight is 213 g/mol. The molecule has 0 bridgehead atoms. The summed E-state index contributed by atoms with van der Waals surface area (Å²) in [4.78, 5) is 12.9. The average Bonchev–Trinajstić information content (AvgIpc) is 2.54. The van der Waals surface area contributed by atoms with Gasteiger partial charge in [-0.2, -0.15) is 0 Å². The van der Waals surface area contributed by atoms with E-state index in [4.69, 9.17) is 10.9 Å². The monoisotopic (exact) mass is 213 g/mol. The molecule has 5 nitrogen and oxygen atoms in total. The SMILES string of the molecule is NN1CCC2(CCCN2CC(=O)O)CC1. The minimum absolute atomic E-state index is 0.133. The predicted octanol–water partition coefficient (Wildman–Crippen LogP) is -0.125. The van der Waals surface area contributed by atoms with Crippen LogP contribution in [0.2, 0.25) is 0 Å². The fraction of sp³-hybridized carbons (Fsp3) is 0.900. The Kier molecular flexibility index (Phi) is 2.95. The molecule has 1 spiro atoms. The normalized spacial score (nSPS) is 27.3. The maximum atomic E-state index is 10.8. The van der Waals surface area contributed by atoms with Gasteiger partial charge in [0.05, 0.1) is 6.54 Å². The second kappa shape index (κ2) is 4.08. The maximum absolute atomic E-state index is 10.8. The third kappa shape index (κ3) is 2.14. The summed E-state index contributed by atoms with van der Waals surface area (Å²) < 4.78 is 0. The molecule has 0 aromatic rings. The van der Waals surface area contributed by atoms with E-state index in [9.17, 15) is 4.79 Å². The number of hydrogen-bond donors (Lipinski definition) is 2. The number of rotatable bonds is 2. The van der Waals surface area contributed by atoms with Crippen molar-refractivity contribution in [2.45, 2.75) is 31.2 Å². The number of hydrazine groups is 1. The fourth-order valence-electron chi connectivity index (χ4n) is 2.91. The number of piperidine rings is 1. The van der Waals surface area contributed by atoms with Gasteiger partial charge in [0, 0.05) is 18.6 Å². The summed E-state index contributed by atoms with van der Waals surface area (Å²) in [6.07, 6.45) is 4.28. The Morgan fingerprint density at radius 1 is 1.27 bits per heavy atom. The van der Waals surface area contributed by atoms with E-state index in [1.165, 1.54) is 0 Å². The standard InChI is InChI=1S/C10H19N3O2/c11-13-6-3-10(4-7-13)2-1-5-12(10)8-9(14)15/h1-8,11H2,(H,14,15). The van der Waals surface area contributed by atoms with Gasteiger partial charge in [0.15, 0.2) is 0 Å². The predicted molar refractivity (Wildman–Crippen MR) is 56.2 cm³/mol. The quantitative estimate of drug-likeness (QED) is 0.626. The molecule has 0 aromatic carbocycles. The van der Waals surface area contributed by atoms with Crippen molar-refractivity contribution in [1.29, 1.82) is 0 Å². The van der Waals surface area contributed by atoms with Gasteiger partial charge < -0.3 is 5.11 Å². The van der Waals surface area contributed by atoms with Gasteiger partial charge in [-0.25, -0.2) is 5.01 Å². The highest BCUT2D eigenvalue weighted by Gasteiger charge is 2.43. The van der Waals surface area contributed by atoms with Crippen LogP contribution in [0.5, 0.6) is 0 Å². The van der Waals surface area contributed by atoms with Crippen LogP contribution in [0, 0.1) is 0 Å². The van der Waals surface area contributed by atoms with Gasteiger partial charge in [0.25, 0.3) is 0 Å². The van der Waals surface area contributed by atoms with Crippen molar-refractivity contribution in [1.82, 2.24) is 9.91 Å². The van der Waals surface area contributed by atoms with Crippen LogP contribution in [0.3, 0.4) is 0 Å². The Hall–Kier alpha value is -0.650. The second-order valence-electron chi connectivity index (χ2n) is 4.68. The van der Waals surface area contributed by atoms with Crippen molar-refractivity contribution in [3.63, 3.8) is 0 Å². The van der Waals surface area contributed by atoms with E-state index in [0.717, 1.165) is 45.3 Å². The molecule has 0 amide bonds. The first-order chi connectivity index (χ1) is 7.12. The molecule has 2 rings (SSSR count). The van der Waals surface area contributed by atoms with Crippen molar-refractivity contribution in [2.24, 2.45) is 5.84 Å². The highest BCUT2D eigenvalue weighted by atomic mass is 16.4. The Morgan fingerprint density at radius 3 is 2.53 bits per heavy atom. The van der Waals surface area contributed by atoms with E-state index in [2.05, 4.69) is 4.90 Å². The molecule has 0 unspecified atom stereocenters. The number of carboxylic acid groups (broad SMARTS) is 1. The highest BCUT2D eigenvalue weighted by Crippen LogP contribution is 2.37. The fourth-order valence-corrected chi connectivity index (χ4v) is 2.91. The lowest BCUT2D eigenvalue weighted by Gasteiger charge is -2.43. The molecule has 0 radical (unpaired) electrons. The van der Waals surface area contributed by atoms with Gasteiger partial charge in [0.2, 0.25) is 0 Å². The zero-order chi connectivity index (χ0) is 10.9. The number of carboxylic acids is 1. The molecule has 86 valence electrons. The lowest BCUT2D eigenvalue weighted by Crippen LogP contribution is -2.54. The van der Waals surface area contributed by atoms with Crippen molar-refractivity contribution in [3.05, 3.63) is 0 Å². The van der Waals surface area contributed by atoms with E-state index in [-0.39, 0.29) is 12.1 Å². The summed E-state index contributed by atoms with van der Waals surface area (Å²) in [5.74, 6) is 5.01. The molecule has 2 aliphatic heterocycles. The van der Waals surface area contributed by atoms with Crippen LogP contribution in [0.15, 0.2) is 0 Å². The van der Waals surface area contributed by atoms with Gasteiger partial charge in [-0.15, -0.1) is 0 Å².